The van der Waals surface area contributed by atoms with Gasteiger partial charge in [0.25, 0.3) is 0 Å². The third kappa shape index (κ3) is 4.31. The molecule has 0 spiro atoms. The summed E-state index contributed by atoms with van der Waals surface area (Å²) in [4.78, 5) is 0. The summed E-state index contributed by atoms with van der Waals surface area (Å²) in [5.74, 6) is 0.155. The van der Waals surface area contributed by atoms with Crippen LogP contribution >= 0.6 is 15.9 Å². The van der Waals surface area contributed by atoms with Crippen molar-refractivity contribution >= 4 is 15.9 Å². The van der Waals surface area contributed by atoms with Gasteiger partial charge in [-0.25, -0.2) is 4.39 Å². The molecule has 0 amide bonds. The minimum Gasteiger partial charge on any atom is -0.382 e. The summed E-state index contributed by atoms with van der Waals surface area (Å²) in [6, 6.07) is 6.77. The summed E-state index contributed by atoms with van der Waals surface area (Å²) in [7, 11) is 0. The van der Waals surface area contributed by atoms with Gasteiger partial charge in [-0.2, -0.15) is 0 Å². The van der Waals surface area contributed by atoms with Gasteiger partial charge in [0, 0.05) is 18.5 Å². The number of halogens is 2. The Bertz CT molecular complexity index is 291. The summed E-state index contributed by atoms with van der Waals surface area (Å²) in [6.45, 7) is 3.44. The Morgan fingerprint density at radius 2 is 2.27 bits per heavy atom. The molecule has 1 atom stereocenters. The molecule has 15 heavy (non-hydrogen) atoms. The lowest BCUT2D eigenvalue weighted by molar-refractivity contribution is 0.141. The van der Waals surface area contributed by atoms with Crippen LogP contribution in [0.5, 0.6) is 0 Å². The fourth-order valence-electron chi connectivity index (χ4n) is 1.46. The molecule has 84 valence electrons. The first-order chi connectivity index (χ1) is 7.27. The lowest BCUT2D eigenvalue weighted by atomic mass is 9.98. The Hall–Kier alpha value is -0.410. The average molecular weight is 275 g/mol. The molecule has 0 aromatic heterocycles. The van der Waals surface area contributed by atoms with E-state index >= 15 is 0 Å². The zero-order valence-electron chi connectivity index (χ0n) is 8.88. The number of ether oxygens (including phenoxy) is 1. The highest BCUT2D eigenvalue weighted by Crippen LogP contribution is 2.22. The number of rotatable bonds is 6. The molecule has 0 aliphatic heterocycles. The Labute approximate surface area is 98.8 Å². The molecule has 3 heteroatoms. The molecule has 0 saturated carbocycles. The van der Waals surface area contributed by atoms with Gasteiger partial charge in [0.15, 0.2) is 0 Å². The van der Waals surface area contributed by atoms with Gasteiger partial charge in [0.1, 0.15) is 5.82 Å². The maximum absolute atomic E-state index is 13.0. The first-order valence-corrected chi connectivity index (χ1v) is 6.29. The van der Waals surface area contributed by atoms with Crippen LogP contribution in [0.25, 0.3) is 0 Å². The second-order valence-electron chi connectivity index (χ2n) is 3.39. The second kappa shape index (κ2) is 6.96. The van der Waals surface area contributed by atoms with Crippen molar-refractivity contribution < 1.29 is 9.13 Å². The van der Waals surface area contributed by atoms with Crippen LogP contribution in [0.2, 0.25) is 0 Å². The Morgan fingerprint density at radius 1 is 1.47 bits per heavy atom. The van der Waals surface area contributed by atoms with Crippen molar-refractivity contribution in [2.75, 3.05) is 18.5 Å². The Balaban J connectivity index is 2.57. The van der Waals surface area contributed by atoms with Gasteiger partial charge in [-0.3, -0.25) is 0 Å². The van der Waals surface area contributed by atoms with Gasteiger partial charge in [-0.1, -0.05) is 28.1 Å². The number of hydrogen-bond donors (Lipinski definition) is 0. The summed E-state index contributed by atoms with van der Waals surface area (Å²) in [5, 5.41) is 0.837. The molecular formula is C12H16BrFO. The van der Waals surface area contributed by atoms with Crippen molar-refractivity contribution in [1.29, 1.82) is 0 Å². The van der Waals surface area contributed by atoms with E-state index in [-0.39, 0.29) is 5.82 Å². The van der Waals surface area contributed by atoms with Crippen LogP contribution in [0, 0.1) is 5.82 Å². The number of alkyl halides is 1. The minimum absolute atomic E-state index is 0.171. The minimum atomic E-state index is -0.171. The largest absolute Gasteiger partial charge is 0.382 e. The van der Waals surface area contributed by atoms with E-state index in [9.17, 15) is 4.39 Å². The van der Waals surface area contributed by atoms with E-state index < -0.39 is 0 Å². The van der Waals surface area contributed by atoms with Crippen LogP contribution in [0.1, 0.15) is 24.8 Å². The van der Waals surface area contributed by atoms with E-state index in [1.165, 1.54) is 6.07 Å². The first kappa shape index (κ1) is 12.7. The second-order valence-corrected chi connectivity index (χ2v) is 4.04. The van der Waals surface area contributed by atoms with Crippen molar-refractivity contribution in [3.8, 4) is 0 Å². The molecule has 0 aliphatic carbocycles. The van der Waals surface area contributed by atoms with E-state index in [1.807, 2.05) is 13.0 Å². The SMILES string of the molecule is CCOCCC(CBr)c1cccc(F)c1. The molecule has 1 aromatic carbocycles. The molecule has 0 fully saturated rings. The smallest absolute Gasteiger partial charge is 0.123 e. The van der Waals surface area contributed by atoms with Crippen molar-refractivity contribution in [2.24, 2.45) is 0 Å². The molecule has 0 saturated heterocycles. The van der Waals surface area contributed by atoms with E-state index in [1.54, 1.807) is 12.1 Å². The van der Waals surface area contributed by atoms with Gasteiger partial charge in [0.2, 0.25) is 0 Å². The van der Waals surface area contributed by atoms with Gasteiger partial charge < -0.3 is 4.74 Å². The van der Waals surface area contributed by atoms with E-state index in [0.717, 1.165) is 30.5 Å². The molecule has 1 nitrogen and oxygen atoms in total. The zero-order valence-corrected chi connectivity index (χ0v) is 10.5. The third-order valence-corrected chi connectivity index (χ3v) is 3.10. The predicted octanol–water partition coefficient (Wildman–Crippen LogP) is 3.73. The maximum Gasteiger partial charge on any atom is 0.123 e. The van der Waals surface area contributed by atoms with Crippen LogP contribution in [0.15, 0.2) is 24.3 Å². The van der Waals surface area contributed by atoms with Crippen LogP contribution in [0.4, 0.5) is 4.39 Å². The fourth-order valence-corrected chi connectivity index (χ4v) is 2.16. The molecule has 0 radical (unpaired) electrons. The van der Waals surface area contributed by atoms with Crippen LogP contribution in [-0.2, 0) is 4.74 Å². The van der Waals surface area contributed by atoms with Crippen molar-refractivity contribution in [3.63, 3.8) is 0 Å². The highest BCUT2D eigenvalue weighted by atomic mass is 79.9. The number of hydrogen-bond acceptors (Lipinski definition) is 1. The van der Waals surface area contributed by atoms with Gasteiger partial charge in [-0.05, 0) is 37.0 Å². The predicted molar refractivity (Wildman–Crippen MR) is 64.0 cm³/mol. The van der Waals surface area contributed by atoms with E-state index in [0.29, 0.717) is 5.92 Å². The molecule has 0 aliphatic rings. The van der Waals surface area contributed by atoms with Gasteiger partial charge >= 0.3 is 0 Å². The van der Waals surface area contributed by atoms with Crippen LogP contribution < -0.4 is 0 Å². The van der Waals surface area contributed by atoms with Crippen molar-refractivity contribution in [2.45, 2.75) is 19.3 Å². The monoisotopic (exact) mass is 274 g/mol. The van der Waals surface area contributed by atoms with E-state index in [4.69, 9.17) is 4.74 Å². The summed E-state index contributed by atoms with van der Waals surface area (Å²) in [6.07, 6.45) is 0.919. The lowest BCUT2D eigenvalue weighted by Crippen LogP contribution is -2.05. The fraction of sp³-hybridized carbons (Fsp3) is 0.500. The van der Waals surface area contributed by atoms with Gasteiger partial charge in [0.05, 0.1) is 0 Å². The normalized spacial score (nSPS) is 12.7. The lowest BCUT2D eigenvalue weighted by Gasteiger charge is -2.14. The summed E-state index contributed by atoms with van der Waals surface area (Å²) < 4.78 is 18.3. The molecule has 1 aromatic rings. The zero-order chi connectivity index (χ0) is 11.1. The van der Waals surface area contributed by atoms with Crippen LogP contribution in [0.3, 0.4) is 0 Å². The van der Waals surface area contributed by atoms with E-state index in [2.05, 4.69) is 15.9 Å². The van der Waals surface area contributed by atoms with Crippen molar-refractivity contribution in [1.82, 2.24) is 0 Å². The quantitative estimate of drug-likeness (QED) is 0.567. The molecule has 1 unspecified atom stereocenters. The Morgan fingerprint density at radius 3 is 2.87 bits per heavy atom. The Kier molecular flexibility index (Phi) is 5.88. The highest BCUT2D eigenvalue weighted by Gasteiger charge is 2.10. The standard InChI is InChI=1S/C12H16BrFO/c1-2-15-7-6-11(9-13)10-4-3-5-12(14)8-10/h3-5,8,11H,2,6-7,9H2,1H3. The maximum atomic E-state index is 13.0. The number of benzene rings is 1. The average Bonchev–Trinajstić information content (AvgIpc) is 2.24. The topological polar surface area (TPSA) is 9.23 Å². The highest BCUT2D eigenvalue weighted by molar-refractivity contribution is 9.09. The third-order valence-electron chi connectivity index (χ3n) is 2.32. The molecular weight excluding hydrogens is 259 g/mol. The summed E-state index contributed by atoms with van der Waals surface area (Å²) in [5.41, 5.74) is 1.03. The molecule has 0 heterocycles. The molecule has 1 rings (SSSR count). The summed E-state index contributed by atoms with van der Waals surface area (Å²) >= 11 is 3.45. The first-order valence-electron chi connectivity index (χ1n) is 5.17. The van der Waals surface area contributed by atoms with Crippen LogP contribution in [-0.4, -0.2) is 18.5 Å². The van der Waals surface area contributed by atoms with Crippen molar-refractivity contribution in [3.05, 3.63) is 35.6 Å². The molecule has 0 bridgehead atoms. The van der Waals surface area contributed by atoms with Gasteiger partial charge in [-0.15, -0.1) is 0 Å². The molecule has 0 N–H and O–H groups in total.